The number of carbonyl (C=O) groups excluding carboxylic acids is 1. The fourth-order valence-corrected chi connectivity index (χ4v) is 0.426. The molecule has 0 saturated heterocycles. The van der Waals surface area contributed by atoms with Crippen molar-refractivity contribution in [1.82, 2.24) is 9.97 Å². The van der Waals surface area contributed by atoms with Gasteiger partial charge in [0, 0.05) is 12.4 Å². The van der Waals surface area contributed by atoms with Gasteiger partial charge in [-0.1, -0.05) is 0 Å². The van der Waals surface area contributed by atoms with Crippen LogP contribution in [0.4, 0.5) is 0 Å². The van der Waals surface area contributed by atoms with E-state index < -0.39 is 11.0 Å². The van der Waals surface area contributed by atoms with Crippen molar-refractivity contribution in [2.75, 3.05) is 0 Å². The van der Waals surface area contributed by atoms with E-state index in [4.69, 9.17) is 21.1 Å². The Kier molecular flexibility index (Phi) is 4.47. The molecule has 8 heteroatoms. The van der Waals surface area contributed by atoms with Gasteiger partial charge < -0.3 is 21.1 Å². The molecule has 13 heavy (non-hydrogen) atoms. The van der Waals surface area contributed by atoms with Crippen LogP contribution in [0.15, 0.2) is 18.6 Å². The smallest absolute Gasteiger partial charge is 0.268 e. The van der Waals surface area contributed by atoms with Gasteiger partial charge in [0.15, 0.2) is 0 Å². The highest BCUT2D eigenvalue weighted by Crippen LogP contribution is 1.84. The molecule has 0 saturated carbocycles. The van der Waals surface area contributed by atoms with E-state index >= 15 is 0 Å². The van der Waals surface area contributed by atoms with E-state index in [-0.39, 0.29) is 5.69 Å². The van der Waals surface area contributed by atoms with Gasteiger partial charge in [0.1, 0.15) is 5.69 Å². The molecule has 0 unspecified atom stereocenters. The number of nitrogens with two attached hydrogens (primary N) is 1. The van der Waals surface area contributed by atoms with Gasteiger partial charge in [-0.2, -0.15) is 0 Å². The summed E-state index contributed by atoms with van der Waals surface area (Å²) in [5.74, 6) is -0.553. The van der Waals surface area contributed by atoms with Crippen molar-refractivity contribution in [1.29, 1.82) is 0 Å². The Morgan fingerprint density at radius 2 is 2.00 bits per heavy atom. The SMILES string of the molecule is NC(=O)c1cnccn1.O=[N+]([O-])[O-]. The lowest BCUT2D eigenvalue weighted by Gasteiger charge is -1.87. The van der Waals surface area contributed by atoms with Gasteiger partial charge in [-0.15, -0.1) is 0 Å². The lowest BCUT2D eigenvalue weighted by molar-refractivity contribution is -0.402. The fraction of sp³-hybridized carbons (Fsp3) is 0. The van der Waals surface area contributed by atoms with Gasteiger partial charge in [0.2, 0.25) is 0 Å². The Hall–Kier alpha value is -2.25. The van der Waals surface area contributed by atoms with E-state index in [9.17, 15) is 4.79 Å². The molecule has 1 rings (SSSR count). The van der Waals surface area contributed by atoms with Gasteiger partial charge in [0.25, 0.3) is 5.91 Å². The molecule has 0 aromatic carbocycles. The molecule has 0 aliphatic carbocycles. The molecule has 0 aliphatic heterocycles. The van der Waals surface area contributed by atoms with Gasteiger partial charge >= 0.3 is 0 Å². The van der Waals surface area contributed by atoms with E-state index in [1.165, 1.54) is 18.6 Å². The molecule has 2 N–H and O–H groups in total. The van der Waals surface area contributed by atoms with Crippen LogP contribution in [-0.4, -0.2) is 21.0 Å². The largest absolute Gasteiger partial charge is 0.364 e. The van der Waals surface area contributed by atoms with Crippen LogP contribution in [0.1, 0.15) is 10.5 Å². The van der Waals surface area contributed by atoms with Crippen LogP contribution in [0.2, 0.25) is 0 Å². The maximum atomic E-state index is 10.3. The van der Waals surface area contributed by atoms with Gasteiger partial charge in [0.05, 0.1) is 11.3 Å². The third kappa shape index (κ3) is 6.16. The quantitative estimate of drug-likeness (QED) is 0.455. The molecule has 1 aromatic rings. The molecule has 1 aromatic heterocycles. The van der Waals surface area contributed by atoms with Crippen LogP contribution >= 0.6 is 0 Å². The monoisotopic (exact) mass is 185 g/mol. The van der Waals surface area contributed by atoms with Crippen LogP contribution < -0.4 is 5.73 Å². The highest BCUT2D eigenvalue weighted by Gasteiger charge is 1.97. The number of amides is 1. The van der Waals surface area contributed by atoms with Crippen LogP contribution in [-0.2, 0) is 0 Å². The van der Waals surface area contributed by atoms with Crippen LogP contribution in [0, 0.1) is 15.3 Å². The fourth-order valence-electron chi connectivity index (χ4n) is 0.426. The van der Waals surface area contributed by atoms with Crippen LogP contribution in [0.25, 0.3) is 0 Å². The topological polar surface area (TPSA) is 135 Å². The summed E-state index contributed by atoms with van der Waals surface area (Å²) in [4.78, 5) is 25.9. The lowest BCUT2D eigenvalue weighted by atomic mass is 10.4. The Balaban J connectivity index is 0.000000310. The van der Waals surface area contributed by atoms with E-state index in [1.807, 2.05) is 0 Å². The number of rotatable bonds is 1. The van der Waals surface area contributed by atoms with Crippen molar-refractivity contribution >= 4 is 5.91 Å². The number of hydrogen-bond donors (Lipinski definition) is 1. The molecule has 0 radical (unpaired) electrons. The Morgan fingerprint density at radius 3 is 2.23 bits per heavy atom. The summed E-state index contributed by atoms with van der Waals surface area (Å²) in [7, 11) is 0. The predicted molar refractivity (Wildman–Crippen MR) is 40.9 cm³/mol. The second kappa shape index (κ2) is 5.41. The van der Waals surface area contributed by atoms with Crippen molar-refractivity contribution in [3.63, 3.8) is 0 Å². The third-order valence-electron chi connectivity index (χ3n) is 0.816. The van der Waals surface area contributed by atoms with Gasteiger partial charge in [-0.25, -0.2) is 4.98 Å². The molecule has 0 atom stereocenters. The minimum absolute atomic E-state index is 0.192. The second-order valence-electron chi connectivity index (χ2n) is 1.68. The van der Waals surface area contributed by atoms with E-state index in [0.717, 1.165) is 0 Å². The van der Waals surface area contributed by atoms with Crippen molar-refractivity contribution in [2.45, 2.75) is 0 Å². The zero-order valence-corrected chi connectivity index (χ0v) is 6.28. The standard InChI is InChI=1S/C5H5N3O.NO3/c6-5(9)4-3-7-1-2-8-4;2-1(3)4/h1-3H,(H2,6,9);/q;-1. The first-order valence-electron chi connectivity index (χ1n) is 2.91. The van der Waals surface area contributed by atoms with Gasteiger partial charge in [-0.05, 0) is 0 Å². The second-order valence-corrected chi connectivity index (χ2v) is 1.68. The summed E-state index contributed by atoms with van der Waals surface area (Å²) in [6, 6.07) is 0. The minimum Gasteiger partial charge on any atom is -0.364 e. The van der Waals surface area contributed by atoms with E-state index in [1.54, 1.807) is 0 Å². The summed E-state index contributed by atoms with van der Waals surface area (Å²) >= 11 is 0. The third-order valence-corrected chi connectivity index (χ3v) is 0.816. The maximum absolute atomic E-state index is 10.3. The first-order chi connectivity index (χ1) is 6.04. The first-order valence-corrected chi connectivity index (χ1v) is 2.91. The average molecular weight is 185 g/mol. The molecule has 0 fully saturated rings. The van der Waals surface area contributed by atoms with E-state index in [2.05, 4.69) is 9.97 Å². The number of nitrogens with zero attached hydrogens (tertiary/aromatic N) is 3. The molecule has 70 valence electrons. The van der Waals surface area contributed by atoms with Crippen molar-refractivity contribution in [3.05, 3.63) is 39.6 Å². The molecular formula is C5H5N4O4-. The van der Waals surface area contributed by atoms with Crippen molar-refractivity contribution in [3.8, 4) is 0 Å². The van der Waals surface area contributed by atoms with Gasteiger partial charge in [-0.3, -0.25) is 9.78 Å². The molecule has 0 aliphatic rings. The average Bonchev–Trinajstić information content (AvgIpc) is 2.05. The summed E-state index contributed by atoms with van der Waals surface area (Å²) in [6.07, 6.45) is 4.22. The first kappa shape index (κ1) is 10.8. The molecular weight excluding hydrogens is 180 g/mol. The van der Waals surface area contributed by atoms with E-state index in [0.29, 0.717) is 0 Å². The summed E-state index contributed by atoms with van der Waals surface area (Å²) in [6.45, 7) is 0. The minimum atomic E-state index is -1.75. The van der Waals surface area contributed by atoms with Crippen LogP contribution in [0.5, 0.6) is 0 Å². The molecule has 0 spiro atoms. The Morgan fingerprint density at radius 1 is 1.46 bits per heavy atom. The summed E-state index contributed by atoms with van der Waals surface area (Å²) < 4.78 is 0. The maximum Gasteiger partial charge on any atom is 0.268 e. The zero-order chi connectivity index (χ0) is 10.3. The Labute approximate surface area is 72.1 Å². The molecule has 1 heterocycles. The highest BCUT2D eigenvalue weighted by molar-refractivity contribution is 5.90. The normalized spacial score (nSPS) is 8.00. The number of carbonyl (C=O) groups is 1. The number of hydrogen-bond acceptors (Lipinski definition) is 6. The molecule has 0 bridgehead atoms. The Bertz CT molecular complexity index is 284. The van der Waals surface area contributed by atoms with Crippen molar-refractivity contribution in [2.24, 2.45) is 5.73 Å². The number of primary amides is 1. The predicted octanol–water partition coefficient (Wildman–Crippen LogP) is -0.664. The molecule has 8 nitrogen and oxygen atoms in total. The number of aromatic nitrogens is 2. The van der Waals surface area contributed by atoms with Crippen LogP contribution in [0.3, 0.4) is 0 Å². The molecule has 1 amide bonds. The zero-order valence-electron chi connectivity index (χ0n) is 6.28. The highest BCUT2D eigenvalue weighted by atomic mass is 16.9. The lowest BCUT2D eigenvalue weighted by Crippen LogP contribution is -2.12. The summed E-state index contributed by atoms with van der Waals surface area (Å²) in [5.41, 5.74) is 5.06. The summed E-state index contributed by atoms with van der Waals surface area (Å²) in [5, 5.41) is 14.8. The van der Waals surface area contributed by atoms with Crippen molar-refractivity contribution < 1.29 is 9.88 Å².